The molecule has 0 aromatic heterocycles. The molecule has 2 nitrogen and oxygen atoms in total. The van der Waals surface area contributed by atoms with E-state index in [-0.39, 0.29) is 12.1 Å². The molecular formula is C10H11Cl2NO. The first-order valence-electron chi connectivity index (χ1n) is 4.53. The average molecular weight is 232 g/mol. The molecule has 0 radical (unpaired) electrons. The van der Waals surface area contributed by atoms with Crippen LogP contribution in [-0.2, 0) is 0 Å². The Hall–Kier alpha value is -0.440. The van der Waals surface area contributed by atoms with Crippen LogP contribution in [0.2, 0.25) is 10.0 Å². The van der Waals surface area contributed by atoms with Crippen molar-refractivity contribution >= 4 is 23.2 Å². The molecule has 1 saturated carbocycles. The van der Waals surface area contributed by atoms with Crippen LogP contribution in [-0.4, -0.2) is 12.1 Å². The first-order valence-corrected chi connectivity index (χ1v) is 5.28. The maximum Gasteiger partial charge on any atom is 0.156 e. The third kappa shape index (κ3) is 1.97. The molecule has 1 fully saturated rings. The van der Waals surface area contributed by atoms with Gasteiger partial charge in [-0.3, -0.25) is 0 Å². The number of ether oxygens (including phenoxy) is 1. The highest BCUT2D eigenvalue weighted by Crippen LogP contribution is 2.35. The van der Waals surface area contributed by atoms with Crippen molar-refractivity contribution in [3.63, 3.8) is 0 Å². The van der Waals surface area contributed by atoms with Gasteiger partial charge in [-0.25, -0.2) is 0 Å². The summed E-state index contributed by atoms with van der Waals surface area (Å²) in [7, 11) is 0. The minimum absolute atomic E-state index is 0.169. The highest BCUT2D eigenvalue weighted by atomic mass is 35.5. The lowest BCUT2D eigenvalue weighted by molar-refractivity contribution is 0.101. The van der Waals surface area contributed by atoms with Gasteiger partial charge in [-0.15, -0.1) is 0 Å². The van der Waals surface area contributed by atoms with Crippen molar-refractivity contribution in [3.8, 4) is 5.75 Å². The van der Waals surface area contributed by atoms with E-state index in [0.29, 0.717) is 15.8 Å². The Morgan fingerprint density at radius 1 is 1.21 bits per heavy atom. The summed E-state index contributed by atoms with van der Waals surface area (Å²) < 4.78 is 5.64. The smallest absolute Gasteiger partial charge is 0.156 e. The summed E-state index contributed by atoms with van der Waals surface area (Å²) in [6.45, 7) is 0. The predicted octanol–water partition coefficient (Wildman–Crippen LogP) is 2.86. The normalized spacial score (nSPS) is 25.6. The van der Waals surface area contributed by atoms with Crippen LogP contribution >= 0.6 is 23.2 Å². The Labute approximate surface area is 92.9 Å². The Balaban J connectivity index is 2.09. The van der Waals surface area contributed by atoms with Crippen LogP contribution in [0.4, 0.5) is 0 Å². The van der Waals surface area contributed by atoms with E-state index in [0.717, 1.165) is 12.8 Å². The predicted molar refractivity (Wildman–Crippen MR) is 58.1 cm³/mol. The topological polar surface area (TPSA) is 35.2 Å². The van der Waals surface area contributed by atoms with Crippen molar-refractivity contribution in [2.24, 2.45) is 5.73 Å². The van der Waals surface area contributed by atoms with Gasteiger partial charge in [-0.05, 0) is 25.0 Å². The molecule has 4 heteroatoms. The van der Waals surface area contributed by atoms with E-state index in [9.17, 15) is 0 Å². The van der Waals surface area contributed by atoms with Crippen LogP contribution in [0.15, 0.2) is 18.2 Å². The molecule has 0 atom stereocenters. The number of benzene rings is 1. The molecule has 0 aliphatic heterocycles. The van der Waals surface area contributed by atoms with Crippen molar-refractivity contribution in [3.05, 3.63) is 28.2 Å². The van der Waals surface area contributed by atoms with Crippen molar-refractivity contribution in [1.82, 2.24) is 0 Å². The van der Waals surface area contributed by atoms with Crippen LogP contribution < -0.4 is 10.5 Å². The quantitative estimate of drug-likeness (QED) is 0.850. The summed E-state index contributed by atoms with van der Waals surface area (Å²) in [6, 6.07) is 5.59. The van der Waals surface area contributed by atoms with Crippen LogP contribution in [0.25, 0.3) is 0 Å². The fourth-order valence-electron chi connectivity index (χ4n) is 1.46. The molecule has 0 spiro atoms. The van der Waals surface area contributed by atoms with Gasteiger partial charge in [-0.2, -0.15) is 0 Å². The molecule has 0 heterocycles. The van der Waals surface area contributed by atoms with Crippen molar-refractivity contribution in [2.45, 2.75) is 25.0 Å². The average Bonchev–Trinajstić information content (AvgIpc) is 2.08. The van der Waals surface area contributed by atoms with Gasteiger partial charge < -0.3 is 10.5 Å². The number of hydrogen-bond donors (Lipinski definition) is 1. The maximum atomic E-state index is 5.95. The summed E-state index contributed by atoms with van der Waals surface area (Å²) >= 11 is 11.9. The molecule has 1 aromatic rings. The first-order chi connectivity index (χ1) is 6.66. The molecule has 76 valence electrons. The summed E-state index contributed by atoms with van der Waals surface area (Å²) in [4.78, 5) is 0. The van der Waals surface area contributed by atoms with E-state index in [4.69, 9.17) is 33.7 Å². The van der Waals surface area contributed by atoms with Gasteiger partial charge in [0.1, 0.15) is 6.10 Å². The largest absolute Gasteiger partial charge is 0.487 e. The molecule has 1 aliphatic rings. The Morgan fingerprint density at radius 2 is 1.79 bits per heavy atom. The minimum Gasteiger partial charge on any atom is -0.487 e. The number of hydrogen-bond acceptors (Lipinski definition) is 2. The lowest BCUT2D eigenvalue weighted by Gasteiger charge is -2.33. The number of nitrogens with two attached hydrogens (primary N) is 1. The van der Waals surface area contributed by atoms with E-state index in [2.05, 4.69) is 0 Å². The van der Waals surface area contributed by atoms with E-state index in [1.807, 2.05) is 0 Å². The van der Waals surface area contributed by atoms with Crippen molar-refractivity contribution in [1.29, 1.82) is 0 Å². The van der Waals surface area contributed by atoms with Gasteiger partial charge in [0, 0.05) is 6.04 Å². The van der Waals surface area contributed by atoms with E-state index in [1.54, 1.807) is 18.2 Å². The molecule has 1 aliphatic carbocycles. The Kier molecular flexibility index (Phi) is 2.86. The fourth-order valence-corrected chi connectivity index (χ4v) is 1.95. The monoisotopic (exact) mass is 231 g/mol. The van der Waals surface area contributed by atoms with Crippen LogP contribution in [0.5, 0.6) is 5.75 Å². The fraction of sp³-hybridized carbons (Fsp3) is 0.400. The molecule has 0 saturated heterocycles. The summed E-state index contributed by atoms with van der Waals surface area (Å²) in [5.41, 5.74) is 5.65. The lowest BCUT2D eigenvalue weighted by Crippen LogP contribution is -2.43. The van der Waals surface area contributed by atoms with Crippen molar-refractivity contribution in [2.75, 3.05) is 0 Å². The second kappa shape index (κ2) is 3.97. The van der Waals surface area contributed by atoms with Crippen molar-refractivity contribution < 1.29 is 4.74 Å². The van der Waals surface area contributed by atoms with Gasteiger partial charge in [0.25, 0.3) is 0 Å². The maximum absolute atomic E-state index is 5.95. The zero-order valence-corrected chi connectivity index (χ0v) is 9.05. The molecule has 0 bridgehead atoms. The van der Waals surface area contributed by atoms with Gasteiger partial charge >= 0.3 is 0 Å². The summed E-state index contributed by atoms with van der Waals surface area (Å²) in [5, 5.41) is 1.11. The molecule has 2 rings (SSSR count). The van der Waals surface area contributed by atoms with E-state index < -0.39 is 0 Å². The third-order valence-electron chi connectivity index (χ3n) is 2.33. The molecule has 0 amide bonds. The van der Waals surface area contributed by atoms with E-state index in [1.165, 1.54) is 0 Å². The molecule has 2 N–H and O–H groups in total. The second-order valence-electron chi connectivity index (χ2n) is 3.52. The van der Waals surface area contributed by atoms with E-state index >= 15 is 0 Å². The highest BCUT2D eigenvalue weighted by molar-refractivity contribution is 6.37. The summed E-state index contributed by atoms with van der Waals surface area (Å²) in [5.74, 6) is 0.577. The number of para-hydroxylation sites is 1. The third-order valence-corrected chi connectivity index (χ3v) is 2.93. The number of halogens is 2. The first kappa shape index (κ1) is 10.1. The van der Waals surface area contributed by atoms with Crippen LogP contribution in [0.1, 0.15) is 12.8 Å². The van der Waals surface area contributed by atoms with Crippen LogP contribution in [0, 0.1) is 0 Å². The van der Waals surface area contributed by atoms with Gasteiger partial charge in [0.15, 0.2) is 5.75 Å². The van der Waals surface area contributed by atoms with Gasteiger partial charge in [-0.1, -0.05) is 29.3 Å². The van der Waals surface area contributed by atoms with Gasteiger partial charge in [0.2, 0.25) is 0 Å². The SMILES string of the molecule is NC1CC(Oc2c(Cl)cccc2Cl)C1. The molecule has 0 unspecified atom stereocenters. The summed E-state index contributed by atoms with van der Waals surface area (Å²) in [6.07, 6.45) is 1.92. The van der Waals surface area contributed by atoms with Crippen LogP contribution in [0.3, 0.4) is 0 Å². The minimum atomic E-state index is 0.169. The second-order valence-corrected chi connectivity index (χ2v) is 4.34. The zero-order valence-electron chi connectivity index (χ0n) is 7.54. The highest BCUT2D eigenvalue weighted by Gasteiger charge is 2.28. The standard InChI is InChI=1S/C10H11Cl2NO/c11-8-2-1-3-9(12)10(8)14-7-4-6(13)5-7/h1-3,6-7H,4-5,13H2. The zero-order chi connectivity index (χ0) is 10.1. The Bertz CT molecular complexity index is 317. The molecule has 14 heavy (non-hydrogen) atoms. The number of rotatable bonds is 2. The Morgan fingerprint density at radius 3 is 2.29 bits per heavy atom. The lowest BCUT2D eigenvalue weighted by atomic mass is 9.90. The molecular weight excluding hydrogens is 221 g/mol. The molecule has 1 aromatic carbocycles. The van der Waals surface area contributed by atoms with Gasteiger partial charge in [0.05, 0.1) is 10.0 Å².